The standard InChI is InChI=1S/C23H40F2N4O2/c1-5-30-16-22(17-31-6-2)9-7-18(8-10-22)21-19(14-28(4)12-11-26-3)27-29-15-23(24,25)13-20(21)29/h18,26H,5-17H2,1-4H3. The number of likely N-dealkylation sites (N-methyl/N-ethyl adjacent to an activating group) is 2. The smallest absolute Gasteiger partial charge is 0.272 e. The van der Waals surface area contributed by atoms with E-state index in [4.69, 9.17) is 9.47 Å². The molecule has 1 saturated carbocycles. The summed E-state index contributed by atoms with van der Waals surface area (Å²) in [5.41, 5.74) is 2.87. The predicted octanol–water partition coefficient (Wildman–Crippen LogP) is 3.44. The van der Waals surface area contributed by atoms with Crippen molar-refractivity contribution in [1.29, 1.82) is 0 Å². The van der Waals surface area contributed by atoms with E-state index in [0.29, 0.717) is 33.0 Å². The van der Waals surface area contributed by atoms with Crippen molar-refractivity contribution in [3.63, 3.8) is 0 Å². The molecule has 0 radical (unpaired) electrons. The topological polar surface area (TPSA) is 51.6 Å². The van der Waals surface area contributed by atoms with E-state index in [0.717, 1.165) is 55.7 Å². The Labute approximate surface area is 185 Å². The van der Waals surface area contributed by atoms with Gasteiger partial charge in [-0.25, -0.2) is 8.78 Å². The molecule has 0 amide bonds. The summed E-state index contributed by atoms with van der Waals surface area (Å²) in [6.07, 6.45) is 3.74. The maximum absolute atomic E-state index is 14.2. The van der Waals surface area contributed by atoms with Gasteiger partial charge in [0, 0.05) is 49.5 Å². The number of hydrogen-bond donors (Lipinski definition) is 1. The first-order chi connectivity index (χ1) is 14.8. The van der Waals surface area contributed by atoms with Gasteiger partial charge >= 0.3 is 0 Å². The third-order valence-corrected chi connectivity index (χ3v) is 6.82. The van der Waals surface area contributed by atoms with Crippen LogP contribution >= 0.6 is 0 Å². The normalized spacial score (nSPS) is 20.5. The lowest BCUT2D eigenvalue weighted by Gasteiger charge is -2.40. The largest absolute Gasteiger partial charge is 0.381 e. The average Bonchev–Trinajstić information content (AvgIpc) is 3.20. The van der Waals surface area contributed by atoms with Crippen LogP contribution in [-0.4, -0.2) is 74.2 Å². The molecule has 178 valence electrons. The fourth-order valence-corrected chi connectivity index (χ4v) is 5.11. The summed E-state index contributed by atoms with van der Waals surface area (Å²) in [4.78, 5) is 2.22. The van der Waals surface area contributed by atoms with E-state index < -0.39 is 5.92 Å². The molecule has 1 aliphatic heterocycles. The van der Waals surface area contributed by atoms with Crippen LogP contribution in [0.4, 0.5) is 8.78 Å². The molecule has 0 saturated heterocycles. The van der Waals surface area contributed by atoms with Crippen molar-refractivity contribution < 1.29 is 18.3 Å². The lowest BCUT2D eigenvalue weighted by atomic mass is 9.69. The number of aromatic nitrogens is 2. The Hall–Kier alpha value is -1.09. The minimum atomic E-state index is -2.68. The van der Waals surface area contributed by atoms with Crippen molar-refractivity contribution in [2.24, 2.45) is 5.41 Å². The van der Waals surface area contributed by atoms with Crippen LogP contribution in [0.3, 0.4) is 0 Å². The van der Waals surface area contributed by atoms with Gasteiger partial charge in [-0.1, -0.05) is 0 Å². The van der Waals surface area contributed by atoms with Gasteiger partial charge in [-0.05, 0) is 59.5 Å². The molecule has 2 heterocycles. The van der Waals surface area contributed by atoms with Gasteiger partial charge in [0.05, 0.1) is 25.3 Å². The Morgan fingerprint density at radius 2 is 1.81 bits per heavy atom. The average molecular weight is 443 g/mol. The molecule has 6 nitrogen and oxygen atoms in total. The number of nitrogens with zero attached hydrogens (tertiary/aromatic N) is 3. The second kappa shape index (κ2) is 10.7. The molecular formula is C23H40F2N4O2. The van der Waals surface area contributed by atoms with Gasteiger partial charge in [0.1, 0.15) is 6.54 Å². The zero-order valence-corrected chi connectivity index (χ0v) is 19.7. The fourth-order valence-electron chi connectivity index (χ4n) is 5.11. The van der Waals surface area contributed by atoms with Crippen molar-refractivity contribution in [3.05, 3.63) is 17.0 Å². The van der Waals surface area contributed by atoms with E-state index in [9.17, 15) is 8.78 Å². The molecule has 3 rings (SSSR count). The summed E-state index contributed by atoms with van der Waals surface area (Å²) < 4.78 is 41.5. The maximum atomic E-state index is 14.2. The molecule has 1 aliphatic carbocycles. The molecule has 0 bridgehead atoms. The Kier molecular flexibility index (Phi) is 8.46. The molecule has 0 atom stereocenters. The molecule has 0 unspecified atom stereocenters. The lowest BCUT2D eigenvalue weighted by molar-refractivity contribution is -0.0396. The third-order valence-electron chi connectivity index (χ3n) is 6.82. The molecule has 2 aliphatic rings. The third kappa shape index (κ3) is 6.03. The number of rotatable bonds is 12. The van der Waals surface area contributed by atoms with Crippen molar-refractivity contribution in [2.45, 2.75) is 70.9 Å². The van der Waals surface area contributed by atoms with E-state index in [-0.39, 0.29) is 24.3 Å². The molecule has 1 N–H and O–H groups in total. The van der Waals surface area contributed by atoms with Gasteiger partial charge < -0.3 is 14.8 Å². The monoisotopic (exact) mass is 442 g/mol. The van der Waals surface area contributed by atoms with Crippen LogP contribution in [0, 0.1) is 5.41 Å². The summed E-state index contributed by atoms with van der Waals surface area (Å²) in [7, 11) is 4.00. The minimum Gasteiger partial charge on any atom is -0.381 e. The SMILES string of the molecule is CCOCC1(COCC)CCC(c2c(CN(C)CCNC)nn3c2CC(F)(F)C3)CC1. The highest BCUT2D eigenvalue weighted by Gasteiger charge is 2.44. The van der Waals surface area contributed by atoms with Gasteiger partial charge in [0.2, 0.25) is 0 Å². The predicted molar refractivity (Wildman–Crippen MR) is 118 cm³/mol. The molecule has 8 heteroatoms. The molecule has 0 spiro atoms. The highest BCUT2D eigenvalue weighted by Crippen LogP contribution is 2.47. The van der Waals surface area contributed by atoms with Crippen LogP contribution < -0.4 is 5.32 Å². The summed E-state index contributed by atoms with van der Waals surface area (Å²) in [5, 5.41) is 7.83. The number of ether oxygens (including phenoxy) is 2. The van der Waals surface area contributed by atoms with E-state index in [2.05, 4.69) is 22.4 Å². The van der Waals surface area contributed by atoms with Crippen molar-refractivity contribution in [2.75, 3.05) is 53.6 Å². The zero-order valence-electron chi connectivity index (χ0n) is 19.7. The van der Waals surface area contributed by atoms with Gasteiger partial charge in [-0.3, -0.25) is 9.58 Å². The fraction of sp³-hybridized carbons (Fsp3) is 0.870. The number of hydrogen-bond acceptors (Lipinski definition) is 5. The number of halogens is 2. The van der Waals surface area contributed by atoms with E-state index >= 15 is 0 Å². The second-order valence-electron chi connectivity index (χ2n) is 9.39. The second-order valence-corrected chi connectivity index (χ2v) is 9.39. The summed E-state index contributed by atoms with van der Waals surface area (Å²) in [6, 6.07) is 0. The quantitative estimate of drug-likeness (QED) is 0.537. The zero-order chi connectivity index (χ0) is 22.5. The molecule has 31 heavy (non-hydrogen) atoms. The van der Waals surface area contributed by atoms with E-state index in [1.54, 1.807) is 4.68 Å². The van der Waals surface area contributed by atoms with Crippen LogP contribution in [0.2, 0.25) is 0 Å². The Morgan fingerprint density at radius 3 is 2.39 bits per heavy atom. The summed E-state index contributed by atoms with van der Waals surface area (Å²) >= 11 is 0. The first-order valence-electron chi connectivity index (χ1n) is 11.8. The molecule has 1 aromatic heterocycles. The first-order valence-corrected chi connectivity index (χ1v) is 11.8. The van der Waals surface area contributed by atoms with Crippen LogP contribution in [0.25, 0.3) is 0 Å². The number of alkyl halides is 2. The van der Waals surface area contributed by atoms with Crippen molar-refractivity contribution >= 4 is 0 Å². The molecule has 0 aromatic carbocycles. The van der Waals surface area contributed by atoms with E-state index in [1.807, 2.05) is 20.9 Å². The Balaban J connectivity index is 1.78. The molecular weight excluding hydrogens is 402 g/mol. The number of nitrogens with one attached hydrogen (secondary N) is 1. The van der Waals surface area contributed by atoms with Crippen molar-refractivity contribution in [1.82, 2.24) is 20.0 Å². The maximum Gasteiger partial charge on any atom is 0.272 e. The van der Waals surface area contributed by atoms with Crippen LogP contribution in [-0.2, 0) is 29.0 Å². The molecule has 1 fully saturated rings. The van der Waals surface area contributed by atoms with Gasteiger partial charge in [0.15, 0.2) is 0 Å². The van der Waals surface area contributed by atoms with Crippen LogP contribution in [0.15, 0.2) is 0 Å². The highest BCUT2D eigenvalue weighted by molar-refractivity contribution is 5.34. The lowest BCUT2D eigenvalue weighted by Crippen LogP contribution is -2.36. The van der Waals surface area contributed by atoms with E-state index in [1.165, 1.54) is 0 Å². The van der Waals surface area contributed by atoms with Gasteiger partial charge in [-0.15, -0.1) is 0 Å². The summed E-state index contributed by atoms with van der Waals surface area (Å²) in [6.45, 7) is 9.05. The first kappa shape index (κ1) is 24.6. The highest BCUT2D eigenvalue weighted by atomic mass is 19.3. The molecule has 1 aromatic rings. The van der Waals surface area contributed by atoms with Crippen LogP contribution in [0.5, 0.6) is 0 Å². The van der Waals surface area contributed by atoms with Gasteiger partial charge in [0.25, 0.3) is 5.92 Å². The summed E-state index contributed by atoms with van der Waals surface area (Å²) in [5.74, 6) is -2.41. The Morgan fingerprint density at radius 1 is 1.16 bits per heavy atom. The van der Waals surface area contributed by atoms with Gasteiger partial charge in [-0.2, -0.15) is 5.10 Å². The van der Waals surface area contributed by atoms with Crippen LogP contribution in [0.1, 0.15) is 62.4 Å². The minimum absolute atomic E-state index is 0.0343. The van der Waals surface area contributed by atoms with Crippen molar-refractivity contribution in [3.8, 4) is 0 Å². The number of fused-ring (bicyclic) bond motifs is 1. The Bertz CT molecular complexity index is 692.